The Balaban J connectivity index is 0.000000640. The number of benzene rings is 1. The third kappa shape index (κ3) is 2.01. The van der Waals surface area contributed by atoms with Crippen LogP contribution in [0.5, 0.6) is 0 Å². The second-order valence-electron chi connectivity index (χ2n) is 1.41. The molecular formula is C6H6F2S. The summed E-state index contributed by atoms with van der Waals surface area (Å²) in [5.74, 6) is -1.60. The lowest BCUT2D eigenvalue weighted by atomic mass is 10.3. The molecule has 0 bridgehead atoms. The highest BCUT2D eigenvalue weighted by molar-refractivity contribution is 7.59. The molecule has 1 aromatic carbocycles. The van der Waals surface area contributed by atoms with Crippen LogP contribution in [0, 0.1) is 11.6 Å². The van der Waals surface area contributed by atoms with Crippen LogP contribution in [-0.4, -0.2) is 0 Å². The van der Waals surface area contributed by atoms with Crippen LogP contribution in [0.25, 0.3) is 0 Å². The van der Waals surface area contributed by atoms with E-state index >= 15 is 0 Å². The maximum Gasteiger partial charge on any atom is 0.158 e. The van der Waals surface area contributed by atoms with Gasteiger partial charge in [-0.25, -0.2) is 8.78 Å². The van der Waals surface area contributed by atoms with Crippen LogP contribution in [0.1, 0.15) is 0 Å². The third-order valence-corrected chi connectivity index (χ3v) is 0.824. The van der Waals surface area contributed by atoms with E-state index in [0.717, 1.165) is 12.1 Å². The Morgan fingerprint density at radius 3 is 1.44 bits per heavy atom. The van der Waals surface area contributed by atoms with Gasteiger partial charge in [-0.15, -0.1) is 0 Å². The lowest BCUT2D eigenvalue weighted by Gasteiger charge is -1.85. The van der Waals surface area contributed by atoms with Crippen molar-refractivity contribution < 1.29 is 8.78 Å². The molecule has 0 saturated heterocycles. The van der Waals surface area contributed by atoms with Crippen molar-refractivity contribution in [3.8, 4) is 0 Å². The van der Waals surface area contributed by atoms with E-state index in [9.17, 15) is 8.78 Å². The fourth-order valence-corrected chi connectivity index (χ4v) is 0.439. The Kier molecular flexibility index (Phi) is 3.24. The van der Waals surface area contributed by atoms with E-state index in [0.29, 0.717) is 0 Å². The smallest absolute Gasteiger partial charge is 0.158 e. The van der Waals surface area contributed by atoms with E-state index in [2.05, 4.69) is 0 Å². The number of rotatable bonds is 0. The van der Waals surface area contributed by atoms with Gasteiger partial charge in [0, 0.05) is 0 Å². The Labute approximate surface area is 59.0 Å². The molecule has 0 unspecified atom stereocenters. The van der Waals surface area contributed by atoms with Gasteiger partial charge in [0.05, 0.1) is 0 Å². The first kappa shape index (κ1) is 8.43. The lowest BCUT2D eigenvalue weighted by Crippen LogP contribution is -1.77. The molecule has 0 fully saturated rings. The molecule has 0 amide bonds. The molecule has 0 aliphatic carbocycles. The van der Waals surface area contributed by atoms with Crippen LogP contribution < -0.4 is 0 Å². The van der Waals surface area contributed by atoms with Crippen molar-refractivity contribution in [2.24, 2.45) is 0 Å². The van der Waals surface area contributed by atoms with Crippen LogP contribution in [0.2, 0.25) is 0 Å². The minimum absolute atomic E-state index is 0. The Hall–Kier alpha value is -0.570. The standard InChI is InChI=1S/C6H4F2.H2S/c7-5-3-1-2-4-6(5)8;/h1-4H;1H2. The molecule has 0 aromatic heterocycles. The molecule has 1 aromatic rings. The molecule has 0 atom stereocenters. The monoisotopic (exact) mass is 148 g/mol. The summed E-state index contributed by atoms with van der Waals surface area (Å²) in [5.41, 5.74) is 0. The zero-order chi connectivity index (χ0) is 5.98. The SMILES string of the molecule is Fc1ccccc1F.S. The molecule has 3 heteroatoms. The van der Waals surface area contributed by atoms with E-state index in [1.807, 2.05) is 0 Å². The zero-order valence-electron chi connectivity index (χ0n) is 4.57. The quantitative estimate of drug-likeness (QED) is 0.528. The highest BCUT2D eigenvalue weighted by Crippen LogP contribution is 2.01. The van der Waals surface area contributed by atoms with Gasteiger partial charge in [-0.2, -0.15) is 13.5 Å². The Morgan fingerprint density at radius 2 is 1.22 bits per heavy atom. The molecule has 1 rings (SSSR count). The van der Waals surface area contributed by atoms with Crippen molar-refractivity contribution in [1.29, 1.82) is 0 Å². The first-order valence-corrected chi connectivity index (χ1v) is 2.21. The second kappa shape index (κ2) is 3.45. The molecule has 0 aliphatic heterocycles. The van der Waals surface area contributed by atoms with Gasteiger partial charge in [0.25, 0.3) is 0 Å². The topological polar surface area (TPSA) is 0 Å². The molecular weight excluding hydrogens is 142 g/mol. The van der Waals surface area contributed by atoms with Crippen LogP contribution >= 0.6 is 13.5 Å². The summed E-state index contributed by atoms with van der Waals surface area (Å²) in [4.78, 5) is 0. The average Bonchev–Trinajstić information content (AvgIpc) is 1.77. The predicted molar refractivity (Wildman–Crippen MR) is 36.7 cm³/mol. The summed E-state index contributed by atoms with van der Waals surface area (Å²) in [7, 11) is 0. The van der Waals surface area contributed by atoms with E-state index < -0.39 is 11.6 Å². The number of hydrogen-bond acceptors (Lipinski definition) is 0. The van der Waals surface area contributed by atoms with Gasteiger partial charge in [0.1, 0.15) is 0 Å². The Morgan fingerprint density at radius 1 is 0.889 bits per heavy atom. The average molecular weight is 148 g/mol. The van der Waals surface area contributed by atoms with Gasteiger partial charge in [0.2, 0.25) is 0 Å². The van der Waals surface area contributed by atoms with Crippen LogP contribution in [0.4, 0.5) is 8.78 Å². The van der Waals surface area contributed by atoms with Gasteiger partial charge in [-0.3, -0.25) is 0 Å². The minimum atomic E-state index is -0.799. The molecule has 0 radical (unpaired) electrons. The summed E-state index contributed by atoms with van der Waals surface area (Å²) < 4.78 is 23.9. The minimum Gasteiger partial charge on any atom is -0.204 e. The first-order chi connectivity index (χ1) is 3.80. The van der Waals surface area contributed by atoms with Crippen molar-refractivity contribution in [3.63, 3.8) is 0 Å². The van der Waals surface area contributed by atoms with Crippen molar-refractivity contribution in [3.05, 3.63) is 35.9 Å². The first-order valence-electron chi connectivity index (χ1n) is 2.21. The Bertz CT molecular complexity index is 167. The maximum absolute atomic E-state index is 11.9. The number of halogens is 2. The van der Waals surface area contributed by atoms with Gasteiger partial charge in [0.15, 0.2) is 11.6 Å². The molecule has 0 spiro atoms. The molecule has 0 nitrogen and oxygen atoms in total. The van der Waals surface area contributed by atoms with Gasteiger partial charge in [-0.1, -0.05) is 12.1 Å². The van der Waals surface area contributed by atoms with Crippen molar-refractivity contribution in [1.82, 2.24) is 0 Å². The fourth-order valence-electron chi connectivity index (χ4n) is 0.439. The predicted octanol–water partition coefficient (Wildman–Crippen LogP) is 2.08. The van der Waals surface area contributed by atoms with E-state index in [1.54, 1.807) is 0 Å². The summed E-state index contributed by atoms with van der Waals surface area (Å²) in [6, 6.07) is 5.04. The highest BCUT2D eigenvalue weighted by Gasteiger charge is 1.93. The van der Waals surface area contributed by atoms with Crippen molar-refractivity contribution in [2.75, 3.05) is 0 Å². The second-order valence-corrected chi connectivity index (χ2v) is 1.41. The maximum atomic E-state index is 11.9. The van der Waals surface area contributed by atoms with E-state index in [1.165, 1.54) is 12.1 Å². The van der Waals surface area contributed by atoms with Crippen LogP contribution in [0.3, 0.4) is 0 Å². The van der Waals surface area contributed by atoms with E-state index in [4.69, 9.17) is 0 Å². The van der Waals surface area contributed by atoms with Crippen molar-refractivity contribution >= 4 is 13.5 Å². The molecule has 0 heterocycles. The largest absolute Gasteiger partial charge is 0.204 e. The molecule has 0 N–H and O–H groups in total. The highest BCUT2D eigenvalue weighted by atomic mass is 32.1. The van der Waals surface area contributed by atoms with Gasteiger partial charge < -0.3 is 0 Å². The molecule has 0 aliphatic rings. The summed E-state index contributed by atoms with van der Waals surface area (Å²) in [5, 5.41) is 0. The molecule has 0 saturated carbocycles. The van der Waals surface area contributed by atoms with Crippen LogP contribution in [-0.2, 0) is 0 Å². The molecule has 50 valence electrons. The fraction of sp³-hybridized carbons (Fsp3) is 0. The van der Waals surface area contributed by atoms with E-state index in [-0.39, 0.29) is 13.5 Å². The van der Waals surface area contributed by atoms with Gasteiger partial charge in [-0.05, 0) is 12.1 Å². The van der Waals surface area contributed by atoms with Crippen LogP contribution in [0.15, 0.2) is 24.3 Å². The third-order valence-electron chi connectivity index (χ3n) is 0.824. The normalized spacial score (nSPS) is 8.22. The van der Waals surface area contributed by atoms with Gasteiger partial charge >= 0.3 is 0 Å². The number of hydrogen-bond donors (Lipinski definition) is 0. The molecule has 9 heavy (non-hydrogen) atoms. The summed E-state index contributed by atoms with van der Waals surface area (Å²) in [6.45, 7) is 0. The van der Waals surface area contributed by atoms with Crippen molar-refractivity contribution in [2.45, 2.75) is 0 Å². The summed E-state index contributed by atoms with van der Waals surface area (Å²) >= 11 is 0. The zero-order valence-corrected chi connectivity index (χ0v) is 5.57. The summed E-state index contributed by atoms with van der Waals surface area (Å²) in [6.07, 6.45) is 0. The lowest BCUT2D eigenvalue weighted by molar-refractivity contribution is 0.508.